The van der Waals surface area contributed by atoms with Crippen molar-refractivity contribution in [1.29, 1.82) is 0 Å². The monoisotopic (exact) mass is 602 g/mol. The molecule has 2 amide bonds. The van der Waals surface area contributed by atoms with Gasteiger partial charge in [0.1, 0.15) is 11.8 Å². The Hall–Kier alpha value is -2.35. The summed E-state index contributed by atoms with van der Waals surface area (Å²) in [5.41, 5.74) is -0.280. The first-order valence-electron chi connectivity index (χ1n) is 14.1. The van der Waals surface area contributed by atoms with Crippen molar-refractivity contribution < 1.29 is 46.6 Å². The van der Waals surface area contributed by atoms with Crippen LogP contribution in [0.3, 0.4) is 0 Å². The van der Waals surface area contributed by atoms with Gasteiger partial charge in [0, 0.05) is 64.9 Å². The van der Waals surface area contributed by atoms with Crippen molar-refractivity contribution in [2.45, 2.75) is 63.4 Å². The first-order valence-corrected chi connectivity index (χ1v) is 15.6. The molecule has 4 saturated heterocycles. The molecule has 12 nitrogen and oxygen atoms in total. The zero-order valence-corrected chi connectivity index (χ0v) is 23.9. The summed E-state index contributed by atoms with van der Waals surface area (Å²) in [4.78, 5) is 36.9. The van der Waals surface area contributed by atoms with Gasteiger partial charge in [-0.3, -0.25) is 14.2 Å². The second kappa shape index (κ2) is 12.9. The topological polar surface area (TPSA) is 130 Å². The van der Waals surface area contributed by atoms with Gasteiger partial charge in [0.15, 0.2) is 11.6 Å². The zero-order chi connectivity index (χ0) is 29.1. The van der Waals surface area contributed by atoms with Crippen LogP contribution in [0.25, 0.3) is 0 Å². The number of carbonyl (C=O) groups excluding carboxylic acids is 2. The summed E-state index contributed by atoms with van der Waals surface area (Å²) >= 11 is 0. The van der Waals surface area contributed by atoms with Gasteiger partial charge in [0.25, 0.3) is 0 Å². The molecule has 0 radical (unpaired) electrons. The van der Waals surface area contributed by atoms with E-state index in [4.69, 9.17) is 18.7 Å². The van der Waals surface area contributed by atoms with Crippen molar-refractivity contribution in [1.82, 2.24) is 9.99 Å². The van der Waals surface area contributed by atoms with E-state index >= 15 is 8.78 Å². The number of halogens is 2. The van der Waals surface area contributed by atoms with Crippen LogP contribution >= 0.6 is 7.75 Å². The quantitative estimate of drug-likeness (QED) is 0.386. The average Bonchev–Trinajstić information content (AvgIpc) is 3.70. The fourth-order valence-electron chi connectivity index (χ4n) is 5.77. The summed E-state index contributed by atoms with van der Waals surface area (Å²) in [7, 11) is -4.22. The molecule has 0 aromatic heterocycles. The SMILES string of the molecule is CC(=O)NCC1CN(c2cc(F)c(N3CCN([P@](=O)(O)OC(CC4CCCO4)C4CCCO4)CC3)c(F)c2)C(=O)O1. The second-order valence-electron chi connectivity index (χ2n) is 10.8. The predicted octanol–water partition coefficient (Wildman–Crippen LogP) is 2.78. The molecule has 0 bridgehead atoms. The molecule has 0 saturated carbocycles. The molecule has 4 unspecified atom stereocenters. The summed E-state index contributed by atoms with van der Waals surface area (Å²) in [6.07, 6.45) is 1.55. The lowest BCUT2D eigenvalue weighted by Gasteiger charge is -2.39. The molecule has 15 heteroatoms. The number of nitrogens with one attached hydrogen (secondary N) is 1. The van der Waals surface area contributed by atoms with Crippen molar-refractivity contribution in [3.8, 4) is 0 Å². The largest absolute Gasteiger partial charge is 0.442 e. The van der Waals surface area contributed by atoms with Crippen molar-refractivity contribution in [3.05, 3.63) is 23.8 Å². The van der Waals surface area contributed by atoms with Crippen LogP contribution in [0, 0.1) is 11.6 Å². The summed E-state index contributed by atoms with van der Waals surface area (Å²) in [6, 6.07) is 2.12. The summed E-state index contributed by atoms with van der Waals surface area (Å²) in [6.45, 7) is 2.97. The molecule has 4 fully saturated rings. The molecule has 4 aliphatic rings. The Morgan fingerprint density at radius 3 is 2.41 bits per heavy atom. The predicted molar refractivity (Wildman–Crippen MR) is 144 cm³/mol. The van der Waals surface area contributed by atoms with Crippen molar-refractivity contribution in [2.24, 2.45) is 0 Å². The minimum Gasteiger partial charge on any atom is -0.442 e. The van der Waals surface area contributed by atoms with Crippen LogP contribution < -0.4 is 15.1 Å². The highest BCUT2D eigenvalue weighted by Gasteiger charge is 2.41. The summed E-state index contributed by atoms with van der Waals surface area (Å²) in [5.74, 6) is -2.03. The normalized spacial score (nSPS) is 27.6. The third-order valence-corrected chi connectivity index (χ3v) is 9.53. The smallest absolute Gasteiger partial charge is 0.414 e. The molecule has 5 atom stereocenters. The van der Waals surface area contributed by atoms with E-state index in [1.54, 1.807) is 0 Å². The lowest BCUT2D eigenvalue weighted by molar-refractivity contribution is -0.119. The van der Waals surface area contributed by atoms with Gasteiger partial charge in [-0.05, 0) is 25.7 Å². The fraction of sp³-hybridized carbons (Fsp3) is 0.692. The van der Waals surface area contributed by atoms with Crippen LogP contribution in [0.1, 0.15) is 39.0 Å². The Kier molecular flexibility index (Phi) is 9.47. The number of hydrogen-bond donors (Lipinski definition) is 2. The number of cyclic esters (lactones) is 1. The van der Waals surface area contributed by atoms with Crippen LogP contribution in [-0.4, -0.2) is 98.5 Å². The lowest BCUT2D eigenvalue weighted by Crippen LogP contribution is -2.46. The maximum absolute atomic E-state index is 15.2. The van der Waals surface area contributed by atoms with Crippen LogP contribution in [0.2, 0.25) is 0 Å². The minimum atomic E-state index is -4.22. The average molecular weight is 603 g/mol. The standard InChI is InChI=1S/C26H37F2N4O8P/c1-17(33)29-15-20-16-32(26(34)39-20)18-12-21(27)25(22(28)13-18)30-6-8-31(9-7-30)41(35,36)40-24(23-5-3-11-38-23)14-19-4-2-10-37-19/h12-13,19-20,23-24H,2-11,14-16H2,1H3,(H,29,33)(H,35,36). The third-order valence-electron chi connectivity index (χ3n) is 7.87. The Morgan fingerprint density at radius 1 is 1.12 bits per heavy atom. The van der Waals surface area contributed by atoms with E-state index < -0.39 is 37.7 Å². The minimum absolute atomic E-state index is 0.00242. The number of carbonyl (C=O) groups is 2. The lowest BCUT2D eigenvalue weighted by atomic mass is 10.0. The number of benzene rings is 1. The Bertz CT molecular complexity index is 1140. The van der Waals surface area contributed by atoms with Crippen molar-refractivity contribution in [2.75, 3.05) is 62.3 Å². The summed E-state index contributed by atoms with van der Waals surface area (Å²) in [5, 5.41) is 2.55. The van der Waals surface area contributed by atoms with E-state index in [0.717, 1.165) is 42.7 Å². The van der Waals surface area contributed by atoms with Gasteiger partial charge < -0.3 is 29.3 Å². The van der Waals surface area contributed by atoms with E-state index in [0.29, 0.717) is 19.6 Å². The highest BCUT2D eigenvalue weighted by atomic mass is 31.2. The van der Waals surface area contributed by atoms with E-state index in [-0.39, 0.29) is 68.8 Å². The van der Waals surface area contributed by atoms with Crippen LogP contribution in [0.5, 0.6) is 0 Å². The third kappa shape index (κ3) is 7.18. The molecular formula is C26H37F2N4O8P. The van der Waals surface area contributed by atoms with Crippen LogP contribution in [-0.2, 0) is 28.1 Å². The van der Waals surface area contributed by atoms with Gasteiger partial charge in [-0.15, -0.1) is 0 Å². The van der Waals surface area contributed by atoms with E-state index in [1.165, 1.54) is 16.5 Å². The van der Waals surface area contributed by atoms with E-state index in [1.807, 2.05) is 0 Å². The van der Waals surface area contributed by atoms with Gasteiger partial charge in [-0.2, -0.15) is 0 Å². The Morgan fingerprint density at radius 2 is 1.80 bits per heavy atom. The molecule has 1 aromatic rings. The molecule has 5 rings (SSSR count). The molecule has 228 valence electrons. The maximum Gasteiger partial charge on any atom is 0.414 e. The number of ether oxygens (including phenoxy) is 3. The molecule has 4 aliphatic heterocycles. The van der Waals surface area contributed by atoms with E-state index in [2.05, 4.69) is 5.32 Å². The Balaban J connectivity index is 1.20. The molecule has 4 heterocycles. The van der Waals surface area contributed by atoms with Gasteiger partial charge >= 0.3 is 13.8 Å². The van der Waals surface area contributed by atoms with Crippen LogP contribution in [0.15, 0.2) is 12.1 Å². The van der Waals surface area contributed by atoms with Gasteiger partial charge in [-0.25, -0.2) is 22.8 Å². The van der Waals surface area contributed by atoms with E-state index in [9.17, 15) is 19.0 Å². The Labute approximate surface area is 237 Å². The molecule has 0 aliphatic carbocycles. The maximum atomic E-state index is 15.2. The number of rotatable bonds is 10. The van der Waals surface area contributed by atoms with Crippen molar-refractivity contribution in [3.63, 3.8) is 0 Å². The molecule has 2 N–H and O–H groups in total. The molecular weight excluding hydrogens is 565 g/mol. The number of nitrogens with zero attached hydrogens (tertiary/aromatic N) is 3. The van der Waals surface area contributed by atoms with Crippen molar-refractivity contribution >= 4 is 31.1 Å². The number of amides is 2. The fourth-order valence-corrected chi connectivity index (χ4v) is 7.16. The van der Waals surface area contributed by atoms with Crippen LogP contribution in [0.4, 0.5) is 25.0 Å². The second-order valence-corrected chi connectivity index (χ2v) is 12.6. The first-order chi connectivity index (χ1) is 19.6. The number of piperazine rings is 1. The van der Waals surface area contributed by atoms with Gasteiger partial charge in [0.05, 0.1) is 37.1 Å². The molecule has 1 aromatic carbocycles. The summed E-state index contributed by atoms with van der Waals surface area (Å²) < 4.78 is 67.6. The zero-order valence-electron chi connectivity index (χ0n) is 23.0. The highest BCUT2D eigenvalue weighted by Crippen LogP contribution is 2.50. The highest BCUT2D eigenvalue weighted by molar-refractivity contribution is 7.50. The number of hydrogen-bond acceptors (Lipinski definition) is 8. The molecule has 0 spiro atoms. The molecule has 41 heavy (non-hydrogen) atoms. The number of anilines is 2. The first kappa shape index (κ1) is 30.1. The van der Waals surface area contributed by atoms with Gasteiger partial charge in [-0.1, -0.05) is 0 Å². The van der Waals surface area contributed by atoms with Gasteiger partial charge in [0.2, 0.25) is 5.91 Å².